The van der Waals surface area contributed by atoms with E-state index in [1.165, 1.54) is 29.0 Å². The lowest BCUT2D eigenvalue weighted by Gasteiger charge is -2.29. The molecule has 1 aliphatic rings. The number of H-pyrrole nitrogens is 2. The molecule has 0 bridgehead atoms. The highest BCUT2D eigenvalue weighted by atomic mass is 32.2. The molecule has 1 aliphatic heterocycles. The van der Waals surface area contributed by atoms with Crippen LogP contribution in [0.15, 0.2) is 41.8 Å². The van der Waals surface area contributed by atoms with Crippen LogP contribution >= 0.6 is 0 Å². The Hall–Kier alpha value is -2.59. The lowest BCUT2D eigenvalue weighted by Crippen LogP contribution is -2.38. The average molecular weight is 376 g/mol. The van der Waals surface area contributed by atoms with Crippen LogP contribution in [0, 0.1) is 5.82 Å². The maximum Gasteiger partial charge on any atom is 0.260 e. The van der Waals surface area contributed by atoms with Crippen molar-refractivity contribution in [2.75, 3.05) is 13.1 Å². The van der Waals surface area contributed by atoms with Crippen molar-refractivity contribution in [3.05, 3.63) is 48.4 Å². The Morgan fingerprint density at radius 2 is 1.88 bits per heavy atom. The zero-order valence-electron chi connectivity index (χ0n) is 13.8. The summed E-state index contributed by atoms with van der Waals surface area (Å²) >= 11 is 0. The Morgan fingerprint density at radius 1 is 1.15 bits per heavy atom. The van der Waals surface area contributed by atoms with Gasteiger partial charge in [-0.05, 0) is 37.1 Å². The Kier molecular flexibility index (Phi) is 4.29. The minimum atomic E-state index is -3.53. The molecule has 0 aliphatic carbocycles. The lowest BCUT2D eigenvalue weighted by atomic mass is 9.97. The van der Waals surface area contributed by atoms with E-state index in [2.05, 4.69) is 25.1 Å². The standard InChI is InChI=1S/C16H17FN6O2S/c17-13-3-1-11(2-4-13)15-20-16(22-21-15)12-5-7-23(8-6-12)26(24,25)14-9-18-10-19-14/h1-4,9-10,12H,5-8H2,(H,18,19)(H,20,21,22). The molecular weight excluding hydrogens is 359 g/mol. The molecule has 2 N–H and O–H groups in total. The number of rotatable bonds is 4. The Morgan fingerprint density at radius 3 is 2.54 bits per heavy atom. The van der Waals surface area contributed by atoms with Gasteiger partial charge in [0.25, 0.3) is 10.0 Å². The van der Waals surface area contributed by atoms with Crippen LogP contribution in [0.25, 0.3) is 11.4 Å². The number of aromatic nitrogens is 5. The van der Waals surface area contributed by atoms with Gasteiger partial charge >= 0.3 is 0 Å². The molecule has 10 heteroatoms. The van der Waals surface area contributed by atoms with E-state index in [-0.39, 0.29) is 16.8 Å². The largest absolute Gasteiger partial charge is 0.335 e. The maximum absolute atomic E-state index is 13.0. The zero-order chi connectivity index (χ0) is 18.1. The van der Waals surface area contributed by atoms with Crippen LogP contribution in [-0.2, 0) is 10.0 Å². The summed E-state index contributed by atoms with van der Waals surface area (Å²) in [6.45, 7) is 0.803. The molecule has 1 saturated heterocycles. The number of piperidine rings is 1. The molecule has 0 unspecified atom stereocenters. The van der Waals surface area contributed by atoms with E-state index < -0.39 is 10.0 Å². The third-order valence-electron chi connectivity index (χ3n) is 4.54. The number of halogens is 1. The lowest BCUT2D eigenvalue weighted by molar-refractivity contribution is 0.313. The van der Waals surface area contributed by atoms with Gasteiger partial charge in [-0.25, -0.2) is 22.8 Å². The normalized spacial score (nSPS) is 16.8. The van der Waals surface area contributed by atoms with Gasteiger partial charge in [0.1, 0.15) is 11.6 Å². The van der Waals surface area contributed by atoms with Crippen LogP contribution in [0.1, 0.15) is 24.6 Å². The molecule has 136 valence electrons. The molecule has 1 aromatic carbocycles. The first-order valence-corrected chi connectivity index (χ1v) is 9.65. The first-order valence-electron chi connectivity index (χ1n) is 8.21. The SMILES string of the molecule is O=S(=O)(c1cnc[nH]1)N1CCC(c2nc(-c3ccc(F)cc3)n[nH]2)CC1. The van der Waals surface area contributed by atoms with Crippen LogP contribution in [0.4, 0.5) is 4.39 Å². The molecule has 0 radical (unpaired) electrons. The molecule has 0 atom stereocenters. The van der Waals surface area contributed by atoms with Crippen LogP contribution < -0.4 is 0 Å². The summed E-state index contributed by atoms with van der Waals surface area (Å²) in [5, 5.41) is 7.23. The van der Waals surface area contributed by atoms with E-state index in [1.807, 2.05) is 0 Å². The maximum atomic E-state index is 13.0. The van der Waals surface area contributed by atoms with Gasteiger partial charge in [0.05, 0.1) is 12.5 Å². The van der Waals surface area contributed by atoms with Crippen LogP contribution in [-0.4, -0.2) is 51.0 Å². The van der Waals surface area contributed by atoms with Crippen LogP contribution in [0.2, 0.25) is 0 Å². The fraction of sp³-hybridized carbons (Fsp3) is 0.312. The number of imidazole rings is 1. The molecule has 0 spiro atoms. The third kappa shape index (κ3) is 3.13. The van der Waals surface area contributed by atoms with Crippen LogP contribution in [0.3, 0.4) is 0 Å². The second kappa shape index (κ2) is 6.61. The van der Waals surface area contributed by atoms with Gasteiger partial charge in [-0.1, -0.05) is 0 Å². The summed E-state index contributed by atoms with van der Waals surface area (Å²) < 4.78 is 39.5. The second-order valence-electron chi connectivity index (χ2n) is 6.15. The Balaban J connectivity index is 1.45. The quantitative estimate of drug-likeness (QED) is 0.723. The van der Waals surface area contributed by atoms with Crippen molar-refractivity contribution >= 4 is 10.0 Å². The van der Waals surface area contributed by atoms with Gasteiger partial charge in [0, 0.05) is 24.6 Å². The van der Waals surface area contributed by atoms with Crippen molar-refractivity contribution in [1.82, 2.24) is 29.5 Å². The average Bonchev–Trinajstić information content (AvgIpc) is 3.35. The van der Waals surface area contributed by atoms with Crippen molar-refractivity contribution in [1.29, 1.82) is 0 Å². The zero-order valence-corrected chi connectivity index (χ0v) is 14.6. The summed E-state index contributed by atoms with van der Waals surface area (Å²) in [6.07, 6.45) is 3.95. The van der Waals surface area contributed by atoms with Crippen molar-refractivity contribution in [2.45, 2.75) is 23.8 Å². The molecule has 2 aromatic heterocycles. The molecule has 4 rings (SSSR count). The Labute approximate surface area is 149 Å². The molecule has 0 amide bonds. The monoisotopic (exact) mass is 376 g/mol. The van der Waals surface area contributed by atoms with Crippen molar-refractivity contribution in [2.24, 2.45) is 0 Å². The molecule has 3 heterocycles. The molecule has 3 aromatic rings. The highest BCUT2D eigenvalue weighted by Crippen LogP contribution is 2.29. The van der Waals surface area contributed by atoms with E-state index in [1.54, 1.807) is 12.1 Å². The molecule has 8 nitrogen and oxygen atoms in total. The van der Waals surface area contributed by atoms with Gasteiger partial charge in [0.2, 0.25) is 0 Å². The first kappa shape index (κ1) is 16.9. The molecular formula is C16H17FN6O2S. The van der Waals surface area contributed by atoms with E-state index >= 15 is 0 Å². The Bertz CT molecular complexity index is 976. The predicted octanol–water partition coefficient (Wildman–Crippen LogP) is 1.90. The summed E-state index contributed by atoms with van der Waals surface area (Å²) in [5.41, 5.74) is 0.730. The van der Waals surface area contributed by atoms with Gasteiger partial charge in [-0.15, -0.1) is 0 Å². The van der Waals surface area contributed by atoms with Gasteiger partial charge in [0.15, 0.2) is 10.9 Å². The summed E-state index contributed by atoms with van der Waals surface area (Å²) in [5.74, 6) is 1.02. The smallest absolute Gasteiger partial charge is 0.260 e. The topological polar surface area (TPSA) is 108 Å². The number of sulfonamides is 1. The number of benzene rings is 1. The molecule has 1 fully saturated rings. The van der Waals surface area contributed by atoms with Gasteiger partial charge in [-0.3, -0.25) is 5.10 Å². The van der Waals surface area contributed by atoms with Crippen molar-refractivity contribution < 1.29 is 12.8 Å². The van der Waals surface area contributed by atoms with Gasteiger partial charge in [-0.2, -0.15) is 9.40 Å². The van der Waals surface area contributed by atoms with Crippen molar-refractivity contribution in [3.8, 4) is 11.4 Å². The number of nitrogens with zero attached hydrogens (tertiary/aromatic N) is 4. The molecule has 26 heavy (non-hydrogen) atoms. The van der Waals surface area contributed by atoms with Crippen LogP contribution in [0.5, 0.6) is 0 Å². The number of aromatic amines is 2. The summed E-state index contributed by atoms with van der Waals surface area (Å²) in [6, 6.07) is 5.98. The van der Waals surface area contributed by atoms with Crippen molar-refractivity contribution in [3.63, 3.8) is 0 Å². The second-order valence-corrected chi connectivity index (χ2v) is 8.05. The molecule has 0 saturated carbocycles. The summed E-state index contributed by atoms with van der Waals surface area (Å²) in [7, 11) is -3.53. The van der Waals surface area contributed by atoms with Gasteiger partial charge < -0.3 is 4.98 Å². The van der Waals surface area contributed by atoms with E-state index in [4.69, 9.17) is 0 Å². The predicted molar refractivity (Wildman–Crippen MR) is 91.1 cm³/mol. The number of hydrogen-bond acceptors (Lipinski definition) is 5. The highest BCUT2D eigenvalue weighted by Gasteiger charge is 2.32. The van der Waals surface area contributed by atoms with E-state index in [9.17, 15) is 12.8 Å². The minimum absolute atomic E-state index is 0.102. The first-order chi connectivity index (χ1) is 12.5. The fourth-order valence-corrected chi connectivity index (χ4v) is 4.44. The summed E-state index contributed by atoms with van der Waals surface area (Å²) in [4.78, 5) is 10.9. The number of hydrogen-bond donors (Lipinski definition) is 2. The van der Waals surface area contributed by atoms with E-state index in [0.29, 0.717) is 31.8 Å². The van der Waals surface area contributed by atoms with E-state index in [0.717, 1.165) is 11.4 Å². The fourth-order valence-electron chi connectivity index (χ4n) is 3.08. The third-order valence-corrected chi connectivity index (χ3v) is 6.36. The number of nitrogens with one attached hydrogen (secondary N) is 2. The minimum Gasteiger partial charge on any atom is -0.335 e. The highest BCUT2D eigenvalue weighted by molar-refractivity contribution is 7.89.